The van der Waals surface area contributed by atoms with Gasteiger partial charge in [0.25, 0.3) is 0 Å². The molecule has 2 rings (SSSR count). The molecule has 1 fully saturated rings. The Morgan fingerprint density at radius 1 is 1.64 bits per heavy atom. The SMILES string of the molecule is Cc1[nH]c(C2(C)CCCO2)nc1CN. The van der Waals surface area contributed by atoms with Crippen molar-refractivity contribution in [1.82, 2.24) is 9.97 Å². The molecule has 14 heavy (non-hydrogen) atoms. The zero-order chi connectivity index (χ0) is 10.2. The first kappa shape index (κ1) is 9.68. The molecule has 0 aromatic carbocycles. The topological polar surface area (TPSA) is 63.9 Å². The van der Waals surface area contributed by atoms with Crippen LogP contribution in [0.3, 0.4) is 0 Å². The molecule has 1 unspecified atom stereocenters. The van der Waals surface area contributed by atoms with E-state index in [-0.39, 0.29) is 5.60 Å². The third-order valence-electron chi connectivity index (χ3n) is 2.90. The lowest BCUT2D eigenvalue weighted by Gasteiger charge is -2.19. The van der Waals surface area contributed by atoms with E-state index < -0.39 is 0 Å². The number of aryl methyl sites for hydroxylation is 1. The first-order chi connectivity index (χ1) is 6.65. The Balaban J connectivity index is 2.31. The number of nitrogens with two attached hydrogens (primary N) is 1. The van der Waals surface area contributed by atoms with Crippen molar-refractivity contribution in [3.8, 4) is 0 Å². The van der Waals surface area contributed by atoms with E-state index in [2.05, 4.69) is 16.9 Å². The van der Waals surface area contributed by atoms with Crippen LogP contribution in [-0.4, -0.2) is 16.6 Å². The molecule has 1 aromatic rings. The molecular weight excluding hydrogens is 178 g/mol. The van der Waals surface area contributed by atoms with E-state index in [1.54, 1.807) is 0 Å². The van der Waals surface area contributed by atoms with Crippen molar-refractivity contribution in [3.05, 3.63) is 17.2 Å². The summed E-state index contributed by atoms with van der Waals surface area (Å²) in [6.07, 6.45) is 2.14. The summed E-state index contributed by atoms with van der Waals surface area (Å²) in [5.74, 6) is 0.924. The van der Waals surface area contributed by atoms with Gasteiger partial charge in [-0.05, 0) is 26.7 Å². The van der Waals surface area contributed by atoms with Gasteiger partial charge in [-0.25, -0.2) is 4.98 Å². The first-order valence-corrected chi connectivity index (χ1v) is 5.06. The number of rotatable bonds is 2. The third-order valence-corrected chi connectivity index (χ3v) is 2.90. The van der Waals surface area contributed by atoms with Crippen molar-refractivity contribution in [2.45, 2.75) is 38.8 Å². The quantitative estimate of drug-likeness (QED) is 0.745. The number of ether oxygens (including phenoxy) is 1. The Bertz CT molecular complexity index is 326. The Labute approximate surface area is 83.9 Å². The van der Waals surface area contributed by atoms with Crippen LogP contribution in [0, 0.1) is 6.92 Å². The van der Waals surface area contributed by atoms with Crippen LogP contribution in [0.2, 0.25) is 0 Å². The standard InChI is InChI=1S/C10H17N3O/c1-7-8(6-11)13-9(12-7)10(2)4-3-5-14-10/h3-6,11H2,1-2H3,(H,12,13). The van der Waals surface area contributed by atoms with Gasteiger partial charge in [0.05, 0.1) is 5.69 Å². The molecule has 0 amide bonds. The summed E-state index contributed by atoms with van der Waals surface area (Å²) in [5.41, 5.74) is 7.35. The van der Waals surface area contributed by atoms with E-state index >= 15 is 0 Å². The van der Waals surface area contributed by atoms with Gasteiger partial charge in [-0.2, -0.15) is 0 Å². The number of nitrogens with zero attached hydrogens (tertiary/aromatic N) is 1. The van der Waals surface area contributed by atoms with Crippen molar-refractivity contribution in [2.24, 2.45) is 5.73 Å². The van der Waals surface area contributed by atoms with Crippen molar-refractivity contribution in [1.29, 1.82) is 0 Å². The predicted octanol–water partition coefficient (Wildman–Crippen LogP) is 1.20. The van der Waals surface area contributed by atoms with E-state index in [1.807, 2.05) is 6.92 Å². The number of aromatic amines is 1. The lowest BCUT2D eigenvalue weighted by molar-refractivity contribution is 0.00989. The van der Waals surface area contributed by atoms with E-state index in [9.17, 15) is 0 Å². The van der Waals surface area contributed by atoms with Gasteiger partial charge in [0, 0.05) is 18.8 Å². The van der Waals surface area contributed by atoms with E-state index in [1.165, 1.54) is 0 Å². The van der Waals surface area contributed by atoms with Gasteiger partial charge in [-0.1, -0.05) is 0 Å². The maximum atomic E-state index is 5.70. The smallest absolute Gasteiger partial charge is 0.138 e. The van der Waals surface area contributed by atoms with E-state index in [0.29, 0.717) is 6.54 Å². The molecule has 3 N–H and O–H groups in total. The number of hydrogen-bond donors (Lipinski definition) is 2. The number of imidazole rings is 1. The van der Waals surface area contributed by atoms with Crippen LogP contribution in [0.15, 0.2) is 0 Å². The molecule has 0 bridgehead atoms. The van der Waals surface area contributed by atoms with Crippen LogP contribution in [0.1, 0.15) is 37.0 Å². The maximum absolute atomic E-state index is 5.70. The highest BCUT2D eigenvalue weighted by Crippen LogP contribution is 2.33. The second-order valence-corrected chi connectivity index (χ2v) is 4.04. The van der Waals surface area contributed by atoms with Crippen molar-refractivity contribution >= 4 is 0 Å². The number of H-pyrrole nitrogens is 1. The van der Waals surface area contributed by atoms with Crippen molar-refractivity contribution in [3.63, 3.8) is 0 Å². The van der Waals surface area contributed by atoms with Gasteiger partial charge in [0.1, 0.15) is 11.4 Å². The molecule has 0 radical (unpaired) electrons. The number of nitrogens with one attached hydrogen (secondary N) is 1. The molecule has 1 aliphatic rings. The Morgan fingerprint density at radius 3 is 2.93 bits per heavy atom. The first-order valence-electron chi connectivity index (χ1n) is 5.06. The number of hydrogen-bond acceptors (Lipinski definition) is 3. The maximum Gasteiger partial charge on any atom is 0.138 e. The third kappa shape index (κ3) is 1.44. The average Bonchev–Trinajstić information content (AvgIpc) is 2.73. The molecule has 4 nitrogen and oxygen atoms in total. The normalized spacial score (nSPS) is 27.1. The highest BCUT2D eigenvalue weighted by atomic mass is 16.5. The number of aromatic nitrogens is 2. The lowest BCUT2D eigenvalue weighted by atomic mass is 10.0. The second kappa shape index (κ2) is 3.37. The molecule has 1 aromatic heterocycles. The van der Waals surface area contributed by atoms with E-state index in [0.717, 1.165) is 36.7 Å². The van der Waals surface area contributed by atoms with Crippen molar-refractivity contribution < 1.29 is 4.74 Å². The van der Waals surface area contributed by atoms with Crippen LogP contribution in [0.25, 0.3) is 0 Å². The second-order valence-electron chi connectivity index (χ2n) is 4.04. The minimum atomic E-state index is -0.224. The van der Waals surface area contributed by atoms with Crippen LogP contribution < -0.4 is 5.73 Å². The summed E-state index contributed by atoms with van der Waals surface area (Å²) >= 11 is 0. The molecular formula is C10H17N3O. The largest absolute Gasteiger partial charge is 0.367 e. The molecule has 0 spiro atoms. The summed E-state index contributed by atoms with van der Waals surface area (Å²) in [4.78, 5) is 7.74. The summed E-state index contributed by atoms with van der Waals surface area (Å²) < 4.78 is 5.70. The van der Waals surface area contributed by atoms with Gasteiger partial charge >= 0.3 is 0 Å². The molecule has 1 atom stereocenters. The molecule has 2 heterocycles. The monoisotopic (exact) mass is 195 g/mol. The zero-order valence-corrected chi connectivity index (χ0v) is 8.76. The molecule has 4 heteroatoms. The van der Waals surface area contributed by atoms with E-state index in [4.69, 9.17) is 10.5 Å². The van der Waals surface area contributed by atoms with Crippen LogP contribution in [0.5, 0.6) is 0 Å². The van der Waals surface area contributed by atoms with Crippen molar-refractivity contribution in [2.75, 3.05) is 6.61 Å². The fourth-order valence-electron chi connectivity index (χ4n) is 1.91. The van der Waals surface area contributed by atoms with Gasteiger partial charge < -0.3 is 15.5 Å². The van der Waals surface area contributed by atoms with Gasteiger partial charge in [0.2, 0.25) is 0 Å². The molecule has 78 valence electrons. The Kier molecular flexibility index (Phi) is 2.33. The summed E-state index contributed by atoms with van der Waals surface area (Å²) in [6.45, 7) is 5.39. The average molecular weight is 195 g/mol. The van der Waals surface area contributed by atoms with Gasteiger partial charge in [-0.15, -0.1) is 0 Å². The van der Waals surface area contributed by atoms with Crippen LogP contribution in [0.4, 0.5) is 0 Å². The minimum Gasteiger partial charge on any atom is -0.367 e. The van der Waals surface area contributed by atoms with Gasteiger partial charge in [0.15, 0.2) is 0 Å². The fraction of sp³-hybridized carbons (Fsp3) is 0.700. The Hall–Kier alpha value is -0.870. The van der Waals surface area contributed by atoms with Crippen LogP contribution in [-0.2, 0) is 16.9 Å². The summed E-state index contributed by atoms with van der Waals surface area (Å²) in [6, 6.07) is 0. The Morgan fingerprint density at radius 2 is 2.43 bits per heavy atom. The fourth-order valence-corrected chi connectivity index (χ4v) is 1.91. The lowest BCUT2D eigenvalue weighted by Crippen LogP contribution is -2.21. The molecule has 0 aliphatic carbocycles. The molecule has 1 saturated heterocycles. The highest BCUT2D eigenvalue weighted by Gasteiger charge is 2.34. The zero-order valence-electron chi connectivity index (χ0n) is 8.76. The summed E-state index contributed by atoms with van der Waals surface area (Å²) in [5, 5.41) is 0. The van der Waals surface area contributed by atoms with Gasteiger partial charge in [-0.3, -0.25) is 0 Å². The molecule has 1 aliphatic heterocycles. The predicted molar refractivity (Wildman–Crippen MR) is 53.8 cm³/mol. The highest BCUT2D eigenvalue weighted by molar-refractivity contribution is 5.16. The minimum absolute atomic E-state index is 0.224. The van der Waals surface area contributed by atoms with Crippen LogP contribution >= 0.6 is 0 Å². The summed E-state index contributed by atoms with van der Waals surface area (Å²) in [7, 11) is 0. The molecule has 0 saturated carbocycles.